The van der Waals surface area contributed by atoms with Gasteiger partial charge in [-0.15, -0.1) is 0 Å². The molecule has 0 bridgehead atoms. The third-order valence-electron chi connectivity index (χ3n) is 2.87. The fourth-order valence-electron chi connectivity index (χ4n) is 2.02. The topological polar surface area (TPSA) is 40.6 Å². The minimum absolute atomic E-state index is 0.384. The SMILES string of the molecule is CN(C)CCCN1C(=O)C(=O)c2ccccc21. The molecule has 17 heavy (non-hydrogen) atoms. The highest BCUT2D eigenvalue weighted by atomic mass is 16.2. The Labute approximate surface area is 101 Å². The number of hydrogen-bond acceptors (Lipinski definition) is 3. The van der Waals surface area contributed by atoms with Crippen LogP contribution in [-0.2, 0) is 4.79 Å². The highest BCUT2D eigenvalue weighted by Crippen LogP contribution is 2.28. The molecule has 1 aliphatic heterocycles. The summed E-state index contributed by atoms with van der Waals surface area (Å²) in [5.74, 6) is -0.782. The van der Waals surface area contributed by atoms with Gasteiger partial charge in [0.15, 0.2) is 0 Å². The molecule has 0 saturated carbocycles. The van der Waals surface area contributed by atoms with E-state index in [0.717, 1.165) is 18.7 Å². The Bertz CT molecular complexity index is 454. The summed E-state index contributed by atoms with van der Waals surface area (Å²) >= 11 is 0. The van der Waals surface area contributed by atoms with Crippen molar-refractivity contribution in [1.82, 2.24) is 4.90 Å². The molecule has 0 unspecified atom stereocenters. The fraction of sp³-hybridized carbons (Fsp3) is 0.385. The summed E-state index contributed by atoms with van der Waals surface area (Å²) in [4.78, 5) is 27.2. The van der Waals surface area contributed by atoms with Crippen LogP contribution in [0.25, 0.3) is 0 Å². The zero-order chi connectivity index (χ0) is 12.4. The average Bonchev–Trinajstić information content (AvgIpc) is 2.54. The van der Waals surface area contributed by atoms with Crippen LogP contribution in [0, 0.1) is 0 Å². The van der Waals surface area contributed by atoms with E-state index in [9.17, 15) is 9.59 Å². The maximum absolute atomic E-state index is 11.8. The van der Waals surface area contributed by atoms with E-state index in [1.54, 1.807) is 17.0 Å². The molecule has 1 aromatic rings. The molecule has 1 aliphatic rings. The smallest absolute Gasteiger partial charge is 0.299 e. The fourth-order valence-corrected chi connectivity index (χ4v) is 2.02. The second-order valence-electron chi connectivity index (χ2n) is 4.46. The van der Waals surface area contributed by atoms with Gasteiger partial charge in [-0.05, 0) is 39.2 Å². The van der Waals surface area contributed by atoms with Crippen molar-refractivity contribution >= 4 is 17.4 Å². The van der Waals surface area contributed by atoms with Gasteiger partial charge in [0.25, 0.3) is 11.7 Å². The van der Waals surface area contributed by atoms with Gasteiger partial charge < -0.3 is 9.80 Å². The highest BCUT2D eigenvalue weighted by molar-refractivity contribution is 6.52. The summed E-state index contributed by atoms with van der Waals surface area (Å²) in [5, 5.41) is 0. The largest absolute Gasteiger partial charge is 0.309 e. The highest BCUT2D eigenvalue weighted by Gasteiger charge is 2.34. The van der Waals surface area contributed by atoms with E-state index in [4.69, 9.17) is 0 Å². The number of anilines is 1. The molecule has 0 aliphatic carbocycles. The first-order chi connectivity index (χ1) is 8.11. The summed E-state index contributed by atoms with van der Waals surface area (Å²) in [7, 11) is 3.98. The van der Waals surface area contributed by atoms with Gasteiger partial charge in [-0.3, -0.25) is 9.59 Å². The van der Waals surface area contributed by atoms with Crippen molar-refractivity contribution in [1.29, 1.82) is 0 Å². The molecule has 1 aromatic carbocycles. The number of para-hydroxylation sites is 1. The van der Waals surface area contributed by atoms with Crippen LogP contribution in [0.4, 0.5) is 5.69 Å². The van der Waals surface area contributed by atoms with Crippen LogP contribution in [-0.4, -0.2) is 43.8 Å². The molecule has 2 rings (SSSR count). The number of nitrogens with zero attached hydrogens (tertiary/aromatic N) is 2. The van der Waals surface area contributed by atoms with E-state index in [1.807, 2.05) is 26.2 Å². The second-order valence-corrected chi connectivity index (χ2v) is 4.46. The lowest BCUT2D eigenvalue weighted by Gasteiger charge is -2.17. The van der Waals surface area contributed by atoms with Crippen molar-refractivity contribution in [3.8, 4) is 0 Å². The molecule has 0 fully saturated rings. The lowest BCUT2D eigenvalue weighted by molar-refractivity contribution is -0.114. The number of fused-ring (bicyclic) bond motifs is 1. The van der Waals surface area contributed by atoms with Gasteiger partial charge >= 0.3 is 0 Å². The molecule has 0 spiro atoms. The van der Waals surface area contributed by atoms with Gasteiger partial charge in [-0.25, -0.2) is 0 Å². The predicted octanol–water partition coefficient (Wildman–Crippen LogP) is 1.17. The van der Waals surface area contributed by atoms with Crippen LogP contribution < -0.4 is 4.90 Å². The monoisotopic (exact) mass is 232 g/mol. The van der Waals surface area contributed by atoms with Crippen molar-refractivity contribution in [3.63, 3.8) is 0 Å². The molecule has 4 heteroatoms. The summed E-state index contributed by atoms with van der Waals surface area (Å²) in [5.41, 5.74) is 1.28. The first kappa shape index (κ1) is 11.8. The molecule has 90 valence electrons. The van der Waals surface area contributed by atoms with Crippen molar-refractivity contribution in [2.24, 2.45) is 0 Å². The van der Waals surface area contributed by atoms with Crippen LogP contribution in [0.1, 0.15) is 16.8 Å². The maximum Gasteiger partial charge on any atom is 0.299 e. The first-order valence-electron chi connectivity index (χ1n) is 5.71. The van der Waals surface area contributed by atoms with Crippen LogP contribution in [0.5, 0.6) is 0 Å². The van der Waals surface area contributed by atoms with E-state index >= 15 is 0 Å². The number of carbonyl (C=O) groups is 2. The van der Waals surface area contributed by atoms with Crippen LogP contribution in [0.3, 0.4) is 0 Å². The van der Waals surface area contributed by atoms with Gasteiger partial charge in [-0.1, -0.05) is 12.1 Å². The van der Waals surface area contributed by atoms with E-state index in [0.29, 0.717) is 12.1 Å². The Morgan fingerprint density at radius 2 is 1.88 bits per heavy atom. The molecule has 0 atom stereocenters. The van der Waals surface area contributed by atoms with Crippen LogP contribution in [0.15, 0.2) is 24.3 Å². The molecule has 1 amide bonds. The summed E-state index contributed by atoms with van der Waals surface area (Å²) in [6, 6.07) is 7.17. The Morgan fingerprint density at radius 1 is 1.18 bits per heavy atom. The maximum atomic E-state index is 11.8. The van der Waals surface area contributed by atoms with Crippen molar-refractivity contribution in [2.45, 2.75) is 6.42 Å². The Morgan fingerprint density at radius 3 is 2.59 bits per heavy atom. The molecule has 0 saturated heterocycles. The first-order valence-corrected chi connectivity index (χ1v) is 5.71. The molecular formula is C13H16N2O2. The summed E-state index contributed by atoms with van der Waals surface area (Å²) in [6.45, 7) is 1.50. The number of benzene rings is 1. The van der Waals surface area contributed by atoms with Gasteiger partial charge in [-0.2, -0.15) is 0 Å². The van der Waals surface area contributed by atoms with Gasteiger partial charge in [0.2, 0.25) is 0 Å². The zero-order valence-corrected chi connectivity index (χ0v) is 10.1. The van der Waals surface area contributed by atoms with Gasteiger partial charge in [0.05, 0.1) is 11.3 Å². The van der Waals surface area contributed by atoms with E-state index in [-0.39, 0.29) is 5.78 Å². The molecule has 0 N–H and O–H groups in total. The second kappa shape index (κ2) is 4.67. The van der Waals surface area contributed by atoms with Crippen LogP contribution in [0.2, 0.25) is 0 Å². The Kier molecular flexibility index (Phi) is 3.24. The number of Topliss-reactive ketones (excluding diaryl/α,β-unsaturated/α-hetero) is 1. The van der Waals surface area contributed by atoms with Crippen LogP contribution >= 0.6 is 0 Å². The minimum Gasteiger partial charge on any atom is -0.309 e. The Balaban J connectivity index is 2.13. The molecule has 4 nitrogen and oxygen atoms in total. The lowest BCUT2D eigenvalue weighted by atomic mass is 10.1. The Hall–Kier alpha value is -1.68. The van der Waals surface area contributed by atoms with E-state index in [1.165, 1.54) is 0 Å². The average molecular weight is 232 g/mol. The molecule has 0 radical (unpaired) electrons. The van der Waals surface area contributed by atoms with E-state index in [2.05, 4.69) is 4.90 Å². The number of hydrogen-bond donors (Lipinski definition) is 0. The van der Waals surface area contributed by atoms with Crippen molar-refractivity contribution < 1.29 is 9.59 Å². The van der Waals surface area contributed by atoms with E-state index < -0.39 is 5.91 Å². The van der Waals surface area contributed by atoms with Gasteiger partial charge in [0.1, 0.15) is 0 Å². The summed E-state index contributed by atoms with van der Waals surface area (Å²) < 4.78 is 0. The predicted molar refractivity (Wildman–Crippen MR) is 66.3 cm³/mol. The number of amides is 1. The zero-order valence-electron chi connectivity index (χ0n) is 10.1. The number of carbonyl (C=O) groups excluding carboxylic acids is 2. The number of rotatable bonds is 4. The molecular weight excluding hydrogens is 216 g/mol. The van der Waals surface area contributed by atoms with Crippen molar-refractivity contribution in [3.05, 3.63) is 29.8 Å². The van der Waals surface area contributed by atoms with Gasteiger partial charge in [0, 0.05) is 6.54 Å². The summed E-state index contributed by atoms with van der Waals surface area (Å²) in [6.07, 6.45) is 0.861. The standard InChI is InChI=1S/C13H16N2O2/c1-14(2)8-5-9-15-11-7-4-3-6-10(11)12(16)13(15)17/h3-4,6-7H,5,8-9H2,1-2H3. The quantitative estimate of drug-likeness (QED) is 0.732. The molecule has 0 aromatic heterocycles. The lowest BCUT2D eigenvalue weighted by Crippen LogP contribution is -2.32. The number of ketones is 1. The minimum atomic E-state index is -0.398. The normalized spacial score (nSPS) is 14.6. The molecule has 1 heterocycles. The third kappa shape index (κ3) is 2.22. The third-order valence-corrected chi connectivity index (χ3v) is 2.87. The van der Waals surface area contributed by atoms with Crippen molar-refractivity contribution in [2.75, 3.05) is 32.1 Å².